The first kappa shape index (κ1) is 10.0. The molecule has 1 aromatic carbocycles. The Balaban J connectivity index is 2.24. The molecule has 0 saturated carbocycles. The summed E-state index contributed by atoms with van der Waals surface area (Å²) in [5, 5.41) is 4.34. The quantitative estimate of drug-likeness (QED) is 0.750. The van der Waals surface area contributed by atoms with Gasteiger partial charge in [-0.15, -0.1) is 0 Å². The average Bonchev–Trinajstić information content (AvgIpc) is 2.23. The summed E-state index contributed by atoms with van der Waals surface area (Å²) in [5.74, 6) is 0.608. The molecular weight excluding hydrogens is 194 g/mol. The van der Waals surface area contributed by atoms with Gasteiger partial charge < -0.3 is 5.32 Å². The third kappa shape index (κ3) is 2.10. The first-order valence-electron chi connectivity index (χ1n) is 5.24. The number of rotatable bonds is 1. The Labute approximate surface area is 90.5 Å². The van der Waals surface area contributed by atoms with Gasteiger partial charge in [0.05, 0.1) is 0 Å². The molecule has 0 aliphatic carbocycles. The van der Waals surface area contributed by atoms with Crippen molar-refractivity contribution in [2.24, 2.45) is 0 Å². The van der Waals surface area contributed by atoms with E-state index in [2.05, 4.69) is 24.4 Å². The van der Waals surface area contributed by atoms with Gasteiger partial charge in [-0.2, -0.15) is 0 Å². The van der Waals surface area contributed by atoms with Gasteiger partial charge in [-0.25, -0.2) is 0 Å². The Hall–Kier alpha value is -0.530. The molecule has 0 amide bonds. The highest BCUT2D eigenvalue weighted by Crippen LogP contribution is 2.29. The van der Waals surface area contributed by atoms with Crippen molar-refractivity contribution < 1.29 is 0 Å². The van der Waals surface area contributed by atoms with E-state index < -0.39 is 0 Å². The summed E-state index contributed by atoms with van der Waals surface area (Å²) in [6, 6.07) is 6.31. The van der Waals surface area contributed by atoms with Crippen LogP contribution in [-0.4, -0.2) is 13.1 Å². The molecule has 0 radical (unpaired) electrons. The predicted octanol–water partition coefficient (Wildman–Crippen LogP) is 3.12. The second-order valence-electron chi connectivity index (χ2n) is 4.07. The first-order valence-corrected chi connectivity index (χ1v) is 5.62. The SMILES string of the molecule is Cc1ccc(Cl)c([C@H]2CCCNC2)c1. The zero-order valence-corrected chi connectivity index (χ0v) is 9.27. The molecule has 1 aliphatic rings. The van der Waals surface area contributed by atoms with Crippen LogP contribution in [-0.2, 0) is 0 Å². The molecule has 1 nitrogen and oxygen atoms in total. The Kier molecular flexibility index (Phi) is 3.09. The lowest BCUT2D eigenvalue weighted by Crippen LogP contribution is -2.28. The van der Waals surface area contributed by atoms with Crippen LogP contribution in [0.1, 0.15) is 29.9 Å². The standard InChI is InChI=1S/C12H16ClN/c1-9-4-5-12(13)11(7-9)10-3-2-6-14-8-10/h4-5,7,10,14H,2-3,6,8H2,1H3/t10-/m0/s1. The molecule has 2 heteroatoms. The van der Waals surface area contributed by atoms with E-state index in [-0.39, 0.29) is 0 Å². The van der Waals surface area contributed by atoms with Gasteiger partial charge in [0.1, 0.15) is 0 Å². The van der Waals surface area contributed by atoms with Crippen molar-refractivity contribution in [3.63, 3.8) is 0 Å². The normalized spacial score (nSPS) is 22.3. The lowest BCUT2D eigenvalue weighted by Gasteiger charge is -2.24. The Morgan fingerprint density at radius 2 is 2.29 bits per heavy atom. The molecule has 0 aromatic heterocycles. The van der Waals surface area contributed by atoms with Crippen molar-refractivity contribution >= 4 is 11.6 Å². The number of aryl methyl sites for hydroxylation is 1. The minimum atomic E-state index is 0.608. The number of benzene rings is 1. The zero-order valence-electron chi connectivity index (χ0n) is 8.52. The van der Waals surface area contributed by atoms with Crippen LogP contribution >= 0.6 is 11.6 Å². The molecule has 1 saturated heterocycles. The molecule has 0 bridgehead atoms. The van der Waals surface area contributed by atoms with Crippen LogP contribution in [0, 0.1) is 6.92 Å². The molecule has 0 unspecified atom stereocenters. The van der Waals surface area contributed by atoms with Crippen LogP contribution in [0.5, 0.6) is 0 Å². The molecule has 1 aliphatic heterocycles. The molecule has 1 atom stereocenters. The highest BCUT2D eigenvalue weighted by Gasteiger charge is 2.17. The highest BCUT2D eigenvalue weighted by atomic mass is 35.5. The molecule has 1 N–H and O–H groups in total. The number of piperidine rings is 1. The van der Waals surface area contributed by atoms with Gasteiger partial charge in [-0.3, -0.25) is 0 Å². The van der Waals surface area contributed by atoms with E-state index in [0.29, 0.717) is 5.92 Å². The van der Waals surface area contributed by atoms with Gasteiger partial charge in [0.2, 0.25) is 0 Å². The van der Waals surface area contributed by atoms with Gasteiger partial charge >= 0.3 is 0 Å². The second kappa shape index (κ2) is 4.33. The topological polar surface area (TPSA) is 12.0 Å². The Morgan fingerprint density at radius 1 is 1.43 bits per heavy atom. The summed E-state index contributed by atoms with van der Waals surface area (Å²) in [7, 11) is 0. The minimum Gasteiger partial charge on any atom is -0.316 e. The van der Waals surface area contributed by atoms with Crippen LogP contribution in [0.3, 0.4) is 0 Å². The predicted molar refractivity (Wildman–Crippen MR) is 61.0 cm³/mol. The van der Waals surface area contributed by atoms with Crippen LogP contribution in [0.4, 0.5) is 0 Å². The van der Waals surface area contributed by atoms with Crippen LogP contribution in [0.15, 0.2) is 18.2 Å². The largest absolute Gasteiger partial charge is 0.316 e. The fourth-order valence-electron chi connectivity index (χ4n) is 2.09. The number of halogens is 1. The van der Waals surface area contributed by atoms with Gasteiger partial charge in [-0.1, -0.05) is 29.3 Å². The van der Waals surface area contributed by atoms with Crippen LogP contribution in [0.2, 0.25) is 5.02 Å². The van der Waals surface area contributed by atoms with Crippen molar-refractivity contribution in [2.75, 3.05) is 13.1 Å². The number of hydrogen-bond acceptors (Lipinski definition) is 1. The van der Waals surface area contributed by atoms with Gasteiger partial charge in [0.15, 0.2) is 0 Å². The maximum atomic E-state index is 6.20. The Morgan fingerprint density at radius 3 is 3.00 bits per heavy atom. The van der Waals surface area contributed by atoms with Crippen LogP contribution < -0.4 is 5.32 Å². The van der Waals surface area contributed by atoms with E-state index >= 15 is 0 Å². The number of nitrogens with one attached hydrogen (secondary N) is 1. The fourth-order valence-corrected chi connectivity index (χ4v) is 2.37. The van der Waals surface area contributed by atoms with E-state index in [4.69, 9.17) is 11.6 Å². The van der Waals surface area contributed by atoms with E-state index in [0.717, 1.165) is 18.1 Å². The first-order chi connectivity index (χ1) is 6.77. The third-order valence-corrected chi connectivity index (χ3v) is 3.23. The molecule has 1 heterocycles. The summed E-state index contributed by atoms with van der Waals surface area (Å²) in [6.45, 7) is 4.35. The van der Waals surface area contributed by atoms with Crippen molar-refractivity contribution in [3.05, 3.63) is 34.3 Å². The average molecular weight is 210 g/mol. The molecule has 1 fully saturated rings. The van der Waals surface area contributed by atoms with Gasteiger partial charge in [0.25, 0.3) is 0 Å². The zero-order chi connectivity index (χ0) is 9.97. The monoisotopic (exact) mass is 209 g/mol. The van der Waals surface area contributed by atoms with Crippen LogP contribution in [0.25, 0.3) is 0 Å². The summed E-state index contributed by atoms with van der Waals surface area (Å²) in [5.41, 5.74) is 2.62. The van der Waals surface area contributed by atoms with Gasteiger partial charge in [-0.05, 0) is 43.9 Å². The number of hydrogen-bond donors (Lipinski definition) is 1. The summed E-state index contributed by atoms with van der Waals surface area (Å²) >= 11 is 6.20. The Bertz CT molecular complexity index is 316. The molecule has 1 aromatic rings. The van der Waals surface area contributed by atoms with Crippen molar-refractivity contribution in [1.82, 2.24) is 5.32 Å². The van der Waals surface area contributed by atoms with E-state index in [9.17, 15) is 0 Å². The molecule has 14 heavy (non-hydrogen) atoms. The third-order valence-electron chi connectivity index (χ3n) is 2.89. The molecule has 0 spiro atoms. The van der Waals surface area contributed by atoms with E-state index in [1.54, 1.807) is 0 Å². The van der Waals surface area contributed by atoms with Gasteiger partial charge in [0, 0.05) is 11.6 Å². The summed E-state index contributed by atoms with van der Waals surface area (Å²) < 4.78 is 0. The van der Waals surface area contributed by atoms with Crippen molar-refractivity contribution in [3.8, 4) is 0 Å². The fraction of sp³-hybridized carbons (Fsp3) is 0.500. The maximum absolute atomic E-state index is 6.20. The summed E-state index contributed by atoms with van der Waals surface area (Å²) in [6.07, 6.45) is 2.52. The minimum absolute atomic E-state index is 0.608. The lowest BCUT2D eigenvalue weighted by atomic mass is 9.91. The molecule has 2 rings (SSSR count). The highest BCUT2D eigenvalue weighted by molar-refractivity contribution is 6.31. The lowest BCUT2D eigenvalue weighted by molar-refractivity contribution is 0.461. The van der Waals surface area contributed by atoms with Crippen molar-refractivity contribution in [1.29, 1.82) is 0 Å². The second-order valence-corrected chi connectivity index (χ2v) is 4.48. The maximum Gasteiger partial charge on any atom is 0.0441 e. The summed E-state index contributed by atoms with van der Waals surface area (Å²) in [4.78, 5) is 0. The smallest absolute Gasteiger partial charge is 0.0441 e. The molecule has 76 valence electrons. The van der Waals surface area contributed by atoms with E-state index in [1.165, 1.54) is 24.0 Å². The van der Waals surface area contributed by atoms with Crippen molar-refractivity contribution in [2.45, 2.75) is 25.7 Å². The molecular formula is C12H16ClN. The van der Waals surface area contributed by atoms with E-state index in [1.807, 2.05) is 6.07 Å².